The van der Waals surface area contributed by atoms with Gasteiger partial charge in [-0.15, -0.1) is 0 Å². The van der Waals surface area contributed by atoms with Gasteiger partial charge in [0.15, 0.2) is 0 Å². The molecule has 0 radical (unpaired) electrons. The van der Waals surface area contributed by atoms with Crippen LogP contribution in [0.4, 0.5) is 0 Å². The normalized spacial score (nSPS) is 28.9. The van der Waals surface area contributed by atoms with Gasteiger partial charge in [0.2, 0.25) is 0 Å². The van der Waals surface area contributed by atoms with Crippen molar-refractivity contribution < 1.29 is 5.11 Å². The van der Waals surface area contributed by atoms with Crippen LogP contribution >= 0.6 is 0 Å². The Hall–Kier alpha value is -0.560. The number of hydrogen-bond donors (Lipinski definition) is 1. The largest absolute Gasteiger partial charge is 0.388 e. The molecule has 1 nitrogen and oxygen atoms in total. The molecule has 0 spiro atoms. The van der Waals surface area contributed by atoms with Gasteiger partial charge in [0.05, 0.1) is 6.10 Å². The van der Waals surface area contributed by atoms with E-state index in [2.05, 4.69) is 26.8 Å². The van der Waals surface area contributed by atoms with Crippen molar-refractivity contribution in [2.45, 2.75) is 46.6 Å². The van der Waals surface area contributed by atoms with Crippen LogP contribution in [0.3, 0.4) is 0 Å². The zero-order valence-electron chi connectivity index (χ0n) is 9.75. The molecule has 0 aromatic rings. The summed E-state index contributed by atoms with van der Waals surface area (Å²) in [4.78, 5) is 0. The maximum absolute atomic E-state index is 9.89. The summed E-state index contributed by atoms with van der Waals surface area (Å²) < 4.78 is 0. The molecule has 80 valence electrons. The zero-order valence-corrected chi connectivity index (χ0v) is 9.75. The molecule has 1 rings (SSSR count). The van der Waals surface area contributed by atoms with Crippen molar-refractivity contribution >= 4 is 0 Å². The van der Waals surface area contributed by atoms with Gasteiger partial charge in [-0.1, -0.05) is 37.6 Å². The SMILES string of the molecule is C/C=C/C(O)[C@@H]1C=C(C)CC(C)(C)C1. The number of hydrogen-bond acceptors (Lipinski definition) is 1. The van der Waals surface area contributed by atoms with E-state index in [0.29, 0.717) is 11.3 Å². The van der Waals surface area contributed by atoms with Crippen LogP contribution in [-0.2, 0) is 0 Å². The third kappa shape index (κ3) is 2.98. The summed E-state index contributed by atoms with van der Waals surface area (Å²) in [7, 11) is 0. The predicted octanol–water partition coefficient (Wildman–Crippen LogP) is 3.31. The third-order valence-electron chi connectivity index (χ3n) is 2.87. The molecule has 14 heavy (non-hydrogen) atoms. The van der Waals surface area contributed by atoms with Crippen LogP contribution in [0, 0.1) is 11.3 Å². The molecule has 0 aromatic heterocycles. The Morgan fingerprint density at radius 1 is 1.57 bits per heavy atom. The Morgan fingerprint density at radius 2 is 2.21 bits per heavy atom. The summed E-state index contributed by atoms with van der Waals surface area (Å²) in [6.07, 6.45) is 7.97. The standard InChI is InChI=1S/C13H22O/c1-5-6-12(14)11-7-10(2)8-13(3,4)9-11/h5-7,11-12,14H,8-9H2,1-4H3/b6-5+/t11-,12?/m1/s1. The van der Waals surface area contributed by atoms with Crippen LogP contribution in [0.25, 0.3) is 0 Å². The van der Waals surface area contributed by atoms with Crippen molar-refractivity contribution in [1.82, 2.24) is 0 Å². The van der Waals surface area contributed by atoms with Crippen molar-refractivity contribution in [3.05, 3.63) is 23.8 Å². The molecule has 1 unspecified atom stereocenters. The maximum atomic E-state index is 9.89. The highest BCUT2D eigenvalue weighted by molar-refractivity contribution is 5.13. The molecule has 0 saturated heterocycles. The molecule has 0 fully saturated rings. The van der Waals surface area contributed by atoms with Gasteiger partial charge in [0.25, 0.3) is 0 Å². The van der Waals surface area contributed by atoms with E-state index in [1.165, 1.54) is 5.57 Å². The molecule has 0 bridgehead atoms. The molecular formula is C13H22O. The first-order chi connectivity index (χ1) is 6.44. The molecule has 1 aliphatic carbocycles. The fourth-order valence-corrected chi connectivity index (χ4v) is 2.51. The second-order valence-corrected chi connectivity index (χ2v) is 5.24. The second-order valence-electron chi connectivity index (χ2n) is 5.24. The lowest BCUT2D eigenvalue weighted by Gasteiger charge is -2.35. The fourth-order valence-electron chi connectivity index (χ4n) is 2.51. The van der Waals surface area contributed by atoms with Crippen LogP contribution in [0.1, 0.15) is 40.5 Å². The number of aliphatic hydroxyl groups excluding tert-OH is 1. The summed E-state index contributed by atoms with van der Waals surface area (Å²) >= 11 is 0. The van der Waals surface area contributed by atoms with E-state index in [4.69, 9.17) is 0 Å². The Morgan fingerprint density at radius 3 is 2.71 bits per heavy atom. The van der Waals surface area contributed by atoms with Crippen molar-refractivity contribution in [2.75, 3.05) is 0 Å². The van der Waals surface area contributed by atoms with Gasteiger partial charge in [-0.25, -0.2) is 0 Å². The van der Waals surface area contributed by atoms with E-state index in [-0.39, 0.29) is 6.10 Å². The van der Waals surface area contributed by atoms with Crippen LogP contribution in [0.15, 0.2) is 23.8 Å². The monoisotopic (exact) mass is 194 g/mol. The van der Waals surface area contributed by atoms with Crippen molar-refractivity contribution in [2.24, 2.45) is 11.3 Å². The highest BCUT2D eigenvalue weighted by Gasteiger charge is 2.29. The Balaban J connectivity index is 2.75. The predicted molar refractivity (Wildman–Crippen MR) is 61.1 cm³/mol. The van der Waals surface area contributed by atoms with Crippen LogP contribution in [-0.4, -0.2) is 11.2 Å². The molecule has 0 saturated carbocycles. The first kappa shape index (κ1) is 11.5. The average molecular weight is 194 g/mol. The number of rotatable bonds is 2. The van der Waals surface area contributed by atoms with Gasteiger partial charge < -0.3 is 5.11 Å². The highest BCUT2D eigenvalue weighted by Crippen LogP contribution is 2.39. The lowest BCUT2D eigenvalue weighted by Crippen LogP contribution is -2.28. The summed E-state index contributed by atoms with van der Waals surface area (Å²) in [6.45, 7) is 8.67. The maximum Gasteiger partial charge on any atom is 0.0783 e. The zero-order chi connectivity index (χ0) is 10.8. The van der Waals surface area contributed by atoms with E-state index in [1.54, 1.807) is 0 Å². The summed E-state index contributed by atoms with van der Waals surface area (Å²) in [5.41, 5.74) is 1.75. The summed E-state index contributed by atoms with van der Waals surface area (Å²) in [6, 6.07) is 0. The Bertz CT molecular complexity index is 248. The summed E-state index contributed by atoms with van der Waals surface area (Å²) in [5.74, 6) is 0.301. The Kier molecular flexibility index (Phi) is 3.54. The van der Waals surface area contributed by atoms with Gasteiger partial charge in [-0.2, -0.15) is 0 Å². The number of aliphatic hydroxyl groups is 1. The molecule has 0 aromatic carbocycles. The van der Waals surface area contributed by atoms with Gasteiger partial charge in [-0.3, -0.25) is 0 Å². The first-order valence-corrected chi connectivity index (χ1v) is 5.43. The van der Waals surface area contributed by atoms with Gasteiger partial charge in [0, 0.05) is 5.92 Å². The second kappa shape index (κ2) is 4.31. The third-order valence-corrected chi connectivity index (χ3v) is 2.87. The van der Waals surface area contributed by atoms with E-state index >= 15 is 0 Å². The lowest BCUT2D eigenvalue weighted by molar-refractivity contribution is 0.131. The van der Waals surface area contributed by atoms with Crippen LogP contribution in [0.2, 0.25) is 0 Å². The van der Waals surface area contributed by atoms with Crippen molar-refractivity contribution in [3.8, 4) is 0 Å². The first-order valence-electron chi connectivity index (χ1n) is 5.43. The molecular weight excluding hydrogens is 172 g/mol. The van der Waals surface area contributed by atoms with Gasteiger partial charge in [0.1, 0.15) is 0 Å². The Labute approximate surface area is 87.5 Å². The smallest absolute Gasteiger partial charge is 0.0783 e. The molecule has 1 heteroatoms. The molecule has 0 aliphatic heterocycles. The molecule has 2 atom stereocenters. The summed E-state index contributed by atoms with van der Waals surface area (Å²) in [5, 5.41) is 9.89. The van der Waals surface area contributed by atoms with E-state index in [1.807, 2.05) is 19.1 Å². The highest BCUT2D eigenvalue weighted by atomic mass is 16.3. The van der Waals surface area contributed by atoms with Crippen molar-refractivity contribution in [3.63, 3.8) is 0 Å². The van der Waals surface area contributed by atoms with Crippen LogP contribution < -0.4 is 0 Å². The molecule has 1 aliphatic rings. The molecule has 1 N–H and O–H groups in total. The molecule has 0 heterocycles. The minimum Gasteiger partial charge on any atom is -0.388 e. The number of allylic oxidation sites excluding steroid dienone is 2. The quantitative estimate of drug-likeness (QED) is 0.669. The lowest BCUT2D eigenvalue weighted by atomic mass is 9.71. The van der Waals surface area contributed by atoms with Crippen LogP contribution in [0.5, 0.6) is 0 Å². The van der Waals surface area contributed by atoms with E-state index < -0.39 is 0 Å². The van der Waals surface area contributed by atoms with Crippen molar-refractivity contribution in [1.29, 1.82) is 0 Å². The fraction of sp³-hybridized carbons (Fsp3) is 0.692. The molecule has 0 amide bonds. The van der Waals surface area contributed by atoms with Gasteiger partial charge in [-0.05, 0) is 32.1 Å². The van der Waals surface area contributed by atoms with Gasteiger partial charge >= 0.3 is 0 Å². The van der Waals surface area contributed by atoms with E-state index in [9.17, 15) is 5.11 Å². The topological polar surface area (TPSA) is 20.2 Å². The minimum atomic E-state index is -0.311. The average Bonchev–Trinajstić information content (AvgIpc) is 2.00. The minimum absolute atomic E-state index is 0.301. The van der Waals surface area contributed by atoms with E-state index in [0.717, 1.165) is 12.8 Å².